The van der Waals surface area contributed by atoms with Gasteiger partial charge in [0.1, 0.15) is 5.78 Å². The Kier molecular flexibility index (Phi) is 5.74. The lowest BCUT2D eigenvalue weighted by molar-refractivity contribution is -0.147. The van der Waals surface area contributed by atoms with E-state index in [9.17, 15) is 4.79 Å². The molecule has 0 N–H and O–H groups in total. The highest BCUT2D eigenvalue weighted by Crippen LogP contribution is 2.68. The number of carbonyl (C=O) groups is 1. The number of hydrogen-bond acceptors (Lipinski definition) is 2. The van der Waals surface area contributed by atoms with E-state index in [-0.39, 0.29) is 16.1 Å². The minimum atomic E-state index is -1.76. The molecule has 0 saturated heterocycles. The van der Waals surface area contributed by atoms with E-state index in [1.54, 1.807) is 0 Å². The van der Waals surface area contributed by atoms with Gasteiger partial charge in [0, 0.05) is 5.92 Å². The molecule has 2 nitrogen and oxygen atoms in total. The molecule has 0 aromatic heterocycles. The fourth-order valence-corrected chi connectivity index (χ4v) is 10.7. The molecule has 0 radical (unpaired) electrons. The van der Waals surface area contributed by atoms with Crippen LogP contribution in [0, 0.1) is 40.4 Å². The number of fused-ring (bicyclic) bond motifs is 5. The summed E-state index contributed by atoms with van der Waals surface area (Å²) < 4.78 is 7.09. The second kappa shape index (κ2) is 7.42. The fraction of sp³-hybridized carbons (Fsp3) is 0.964. The molecule has 0 aliphatic heterocycles. The third-order valence-electron chi connectivity index (χ3n) is 11.7. The maximum atomic E-state index is 12.4. The maximum Gasteiger partial charge on any atom is 0.192 e. The predicted molar refractivity (Wildman–Crippen MR) is 133 cm³/mol. The van der Waals surface area contributed by atoms with Gasteiger partial charge >= 0.3 is 0 Å². The van der Waals surface area contributed by atoms with E-state index in [0.717, 1.165) is 30.1 Å². The van der Waals surface area contributed by atoms with Crippen LogP contribution in [0.1, 0.15) is 106 Å². The van der Waals surface area contributed by atoms with Gasteiger partial charge in [-0.2, -0.15) is 0 Å². The number of Topliss-reactive ketones (excluding diaryl/α,β-unsaturated/α-hetero) is 1. The molecular formula is C28H50O2Si. The number of carbonyl (C=O) groups excluding carboxylic acids is 1. The van der Waals surface area contributed by atoms with Crippen molar-refractivity contribution in [1.82, 2.24) is 0 Å². The van der Waals surface area contributed by atoms with E-state index in [1.807, 2.05) is 6.92 Å². The third-order valence-corrected chi connectivity index (χ3v) is 16.3. The van der Waals surface area contributed by atoms with Crippen molar-refractivity contribution in [2.24, 2.45) is 40.4 Å². The Labute approximate surface area is 193 Å². The van der Waals surface area contributed by atoms with Crippen LogP contribution < -0.4 is 0 Å². The summed E-state index contributed by atoms with van der Waals surface area (Å²) >= 11 is 0. The number of hydrogen-bond donors (Lipinski definition) is 0. The number of ketones is 1. The highest BCUT2D eigenvalue weighted by Gasteiger charge is 2.62. The molecule has 4 aliphatic carbocycles. The third kappa shape index (κ3) is 3.72. The van der Waals surface area contributed by atoms with E-state index >= 15 is 0 Å². The van der Waals surface area contributed by atoms with Crippen molar-refractivity contribution in [1.29, 1.82) is 0 Å². The van der Waals surface area contributed by atoms with Gasteiger partial charge in [-0.25, -0.2) is 0 Å². The molecule has 1 unspecified atom stereocenters. The Bertz CT molecular complexity index is 723. The van der Waals surface area contributed by atoms with Crippen LogP contribution in [0.25, 0.3) is 0 Å². The first-order chi connectivity index (χ1) is 14.1. The molecule has 0 bridgehead atoms. The van der Waals surface area contributed by atoms with Gasteiger partial charge in [0.25, 0.3) is 0 Å². The Hall–Kier alpha value is -0.153. The summed E-state index contributed by atoms with van der Waals surface area (Å²) in [7, 11) is -1.76. The zero-order valence-electron chi connectivity index (χ0n) is 22.1. The lowest BCUT2D eigenvalue weighted by atomic mass is 9.44. The normalized spacial score (nSPS) is 48.0. The Morgan fingerprint density at radius 3 is 2.13 bits per heavy atom. The summed E-state index contributed by atoms with van der Waals surface area (Å²) in [6.07, 6.45) is 11.7. The van der Waals surface area contributed by atoms with Gasteiger partial charge in [0.2, 0.25) is 0 Å². The second-order valence-corrected chi connectivity index (χ2v) is 19.2. The molecule has 4 fully saturated rings. The molecule has 0 heterocycles. The average Bonchev–Trinajstić information content (AvgIpc) is 2.98. The summed E-state index contributed by atoms with van der Waals surface area (Å²) in [6, 6.07) is 0. The largest absolute Gasteiger partial charge is 0.412 e. The highest BCUT2D eigenvalue weighted by molar-refractivity contribution is 6.74. The van der Waals surface area contributed by atoms with E-state index < -0.39 is 8.32 Å². The van der Waals surface area contributed by atoms with Crippen molar-refractivity contribution in [3.8, 4) is 0 Å². The zero-order chi connectivity index (χ0) is 23.0. The molecule has 4 rings (SSSR count). The standard InChI is InChI=1S/C28H50O2Si/c1-19(29)22-12-13-23-21-11-10-20-18-26(5,30-31(8,9)25(2,3)4)16-17-27(20,6)24(21)14-15-28(22,23)7/h20-24H,10-18H2,1-9H3/t20?,21-,22+,23-,24-,26+,27-,28+/m0/s1. The molecule has 0 spiro atoms. The molecule has 0 aromatic carbocycles. The molecule has 8 atom stereocenters. The van der Waals surface area contributed by atoms with Crippen molar-refractivity contribution in [3.05, 3.63) is 0 Å². The Morgan fingerprint density at radius 2 is 1.52 bits per heavy atom. The molecule has 4 saturated carbocycles. The summed E-state index contributed by atoms with van der Waals surface area (Å²) in [5.41, 5.74) is 0.829. The molecule has 0 aromatic rings. The average molecular weight is 447 g/mol. The van der Waals surface area contributed by atoms with Gasteiger partial charge in [-0.3, -0.25) is 4.79 Å². The lowest BCUT2D eigenvalue weighted by Crippen LogP contribution is -2.58. The molecule has 31 heavy (non-hydrogen) atoms. The van der Waals surface area contributed by atoms with E-state index in [4.69, 9.17) is 4.43 Å². The van der Waals surface area contributed by atoms with Crippen molar-refractivity contribution in [2.75, 3.05) is 0 Å². The summed E-state index contributed by atoms with van der Waals surface area (Å²) in [5, 5.41) is 0.276. The van der Waals surface area contributed by atoms with E-state index in [0.29, 0.717) is 17.1 Å². The van der Waals surface area contributed by atoms with Gasteiger partial charge < -0.3 is 4.43 Å². The van der Waals surface area contributed by atoms with Gasteiger partial charge in [0.15, 0.2) is 8.32 Å². The van der Waals surface area contributed by atoms with Crippen LogP contribution in [0.5, 0.6) is 0 Å². The molecule has 0 amide bonds. The van der Waals surface area contributed by atoms with Crippen molar-refractivity contribution >= 4 is 14.1 Å². The predicted octanol–water partition coefficient (Wildman–Crippen LogP) is 8.01. The highest BCUT2D eigenvalue weighted by atomic mass is 28.4. The molecule has 3 heteroatoms. The zero-order valence-corrected chi connectivity index (χ0v) is 23.1. The topological polar surface area (TPSA) is 26.3 Å². The van der Waals surface area contributed by atoms with Crippen LogP contribution in [-0.2, 0) is 9.22 Å². The van der Waals surface area contributed by atoms with Crippen LogP contribution in [0.2, 0.25) is 18.1 Å². The van der Waals surface area contributed by atoms with Gasteiger partial charge in [0.05, 0.1) is 5.60 Å². The minimum absolute atomic E-state index is 0.0658. The lowest BCUT2D eigenvalue weighted by Gasteiger charge is -2.63. The van der Waals surface area contributed by atoms with Crippen LogP contribution in [0.3, 0.4) is 0 Å². The first kappa shape index (κ1) is 24.0. The van der Waals surface area contributed by atoms with Crippen LogP contribution in [0.15, 0.2) is 0 Å². The Morgan fingerprint density at radius 1 is 0.871 bits per heavy atom. The summed E-state index contributed by atoms with van der Waals surface area (Å²) in [6.45, 7) is 21.4. The second-order valence-electron chi connectivity index (χ2n) is 14.5. The molecule has 178 valence electrons. The number of rotatable bonds is 3. The molecule has 4 aliphatic rings. The van der Waals surface area contributed by atoms with E-state index in [2.05, 4.69) is 54.6 Å². The first-order valence-corrected chi connectivity index (χ1v) is 16.2. The quantitative estimate of drug-likeness (QED) is 0.410. The van der Waals surface area contributed by atoms with Crippen molar-refractivity contribution in [3.63, 3.8) is 0 Å². The van der Waals surface area contributed by atoms with Crippen molar-refractivity contribution in [2.45, 2.75) is 130 Å². The van der Waals surface area contributed by atoms with Crippen LogP contribution >= 0.6 is 0 Å². The summed E-state index contributed by atoms with van der Waals surface area (Å²) in [5.74, 6) is 4.11. The van der Waals surface area contributed by atoms with Crippen LogP contribution in [0.4, 0.5) is 0 Å². The van der Waals surface area contributed by atoms with Gasteiger partial charge in [-0.15, -0.1) is 0 Å². The van der Waals surface area contributed by atoms with Crippen molar-refractivity contribution < 1.29 is 9.22 Å². The SMILES string of the molecule is CC(=O)[C@H]1CC[C@H]2[C@@H]3CCC4C[C@](C)(O[Si](C)(C)C(C)(C)C)CC[C@]4(C)[C@H]3CC[C@]12C. The minimum Gasteiger partial charge on any atom is -0.412 e. The van der Waals surface area contributed by atoms with Gasteiger partial charge in [-0.1, -0.05) is 34.6 Å². The van der Waals surface area contributed by atoms with E-state index in [1.165, 1.54) is 51.4 Å². The summed E-state index contributed by atoms with van der Waals surface area (Å²) in [4.78, 5) is 12.4. The fourth-order valence-electron chi connectivity index (χ4n) is 8.95. The maximum absolute atomic E-state index is 12.4. The van der Waals surface area contributed by atoms with Gasteiger partial charge in [-0.05, 0) is 124 Å². The Balaban J connectivity index is 1.52. The smallest absolute Gasteiger partial charge is 0.192 e. The monoisotopic (exact) mass is 446 g/mol. The first-order valence-electron chi connectivity index (χ1n) is 13.3. The molecular weight excluding hydrogens is 396 g/mol. The van der Waals surface area contributed by atoms with Crippen LogP contribution in [-0.4, -0.2) is 19.7 Å².